The van der Waals surface area contributed by atoms with Crippen LogP contribution in [0.2, 0.25) is 0 Å². The van der Waals surface area contributed by atoms with Gasteiger partial charge in [0.25, 0.3) is 0 Å². The van der Waals surface area contributed by atoms with Crippen molar-refractivity contribution in [2.24, 2.45) is 0 Å². The van der Waals surface area contributed by atoms with Gasteiger partial charge in [0.1, 0.15) is 11.5 Å². The summed E-state index contributed by atoms with van der Waals surface area (Å²) in [5.74, 6) is 1.16. The second kappa shape index (κ2) is 5.73. The minimum atomic E-state index is 0.0566. The molecule has 4 nitrogen and oxygen atoms in total. The molecular weight excluding hydrogens is 276 g/mol. The van der Waals surface area contributed by atoms with Crippen molar-refractivity contribution in [2.75, 3.05) is 7.11 Å². The highest BCUT2D eigenvalue weighted by atomic mass is 16.5. The number of hydrogen-bond acceptors (Lipinski definition) is 4. The van der Waals surface area contributed by atoms with E-state index in [1.54, 1.807) is 7.11 Å². The van der Waals surface area contributed by atoms with Gasteiger partial charge in [0, 0.05) is 5.56 Å². The molecule has 3 rings (SSSR count). The molecule has 1 aliphatic heterocycles. The van der Waals surface area contributed by atoms with Gasteiger partial charge in [0.05, 0.1) is 18.8 Å². The van der Waals surface area contributed by atoms with Crippen LogP contribution in [-0.2, 0) is 0 Å². The maximum absolute atomic E-state index is 10.3. The number of methoxy groups -OCH3 is 1. The van der Waals surface area contributed by atoms with Crippen LogP contribution in [0.3, 0.4) is 0 Å². The van der Waals surface area contributed by atoms with Crippen LogP contribution in [-0.4, -0.2) is 12.2 Å². The zero-order chi connectivity index (χ0) is 15.7. The summed E-state index contributed by atoms with van der Waals surface area (Å²) >= 11 is 0. The fraction of sp³-hybridized carbons (Fsp3) is 0.222. The zero-order valence-corrected chi connectivity index (χ0v) is 13.0. The van der Waals surface area contributed by atoms with Crippen molar-refractivity contribution in [3.63, 3.8) is 0 Å². The fourth-order valence-corrected chi connectivity index (χ4v) is 2.72. The van der Waals surface area contributed by atoms with E-state index in [1.807, 2.05) is 50.2 Å². The van der Waals surface area contributed by atoms with E-state index in [4.69, 9.17) is 4.74 Å². The summed E-state index contributed by atoms with van der Waals surface area (Å²) in [7, 11) is 1.66. The van der Waals surface area contributed by atoms with Crippen molar-refractivity contribution in [1.82, 2.24) is 10.9 Å². The molecule has 22 heavy (non-hydrogen) atoms. The van der Waals surface area contributed by atoms with E-state index in [0.29, 0.717) is 5.75 Å². The van der Waals surface area contributed by atoms with Gasteiger partial charge in [0.2, 0.25) is 0 Å². The first-order chi connectivity index (χ1) is 10.6. The maximum atomic E-state index is 10.3. The Hall–Kier alpha value is -2.46. The van der Waals surface area contributed by atoms with E-state index in [2.05, 4.69) is 16.9 Å². The van der Waals surface area contributed by atoms with Crippen LogP contribution in [0, 0.1) is 13.8 Å². The molecule has 0 saturated heterocycles. The van der Waals surface area contributed by atoms with Crippen LogP contribution in [0.5, 0.6) is 11.5 Å². The molecule has 1 aliphatic rings. The number of phenols is 1. The van der Waals surface area contributed by atoms with Crippen molar-refractivity contribution in [3.05, 3.63) is 64.7 Å². The molecule has 0 amide bonds. The highest BCUT2D eigenvalue weighted by Gasteiger charge is 2.20. The lowest BCUT2D eigenvalue weighted by atomic mass is 10.0. The number of rotatable bonds is 3. The van der Waals surface area contributed by atoms with Crippen LogP contribution in [0.25, 0.3) is 5.70 Å². The summed E-state index contributed by atoms with van der Waals surface area (Å²) in [4.78, 5) is 0. The SMILES string of the molecule is COc1ccc([C@H]2C=C(c3cc(C)cc(C)c3O)NN2)cc1. The van der Waals surface area contributed by atoms with E-state index in [-0.39, 0.29) is 6.04 Å². The van der Waals surface area contributed by atoms with Gasteiger partial charge in [-0.3, -0.25) is 0 Å². The normalized spacial score (nSPS) is 17.0. The summed E-state index contributed by atoms with van der Waals surface area (Å²) in [6.07, 6.45) is 2.08. The second-order valence-electron chi connectivity index (χ2n) is 5.58. The predicted octanol–water partition coefficient (Wildman–Crippen LogP) is 3.21. The lowest BCUT2D eigenvalue weighted by Gasteiger charge is -2.11. The Balaban J connectivity index is 1.91. The smallest absolute Gasteiger partial charge is 0.127 e. The molecule has 2 aromatic carbocycles. The minimum Gasteiger partial charge on any atom is -0.507 e. The van der Waals surface area contributed by atoms with E-state index in [0.717, 1.165) is 33.7 Å². The molecule has 114 valence electrons. The standard InChI is InChI=1S/C18H20N2O2/c1-11-8-12(2)18(21)15(9-11)17-10-16(19-20-17)13-4-6-14(22-3)7-5-13/h4-10,16,19-21H,1-3H3/t16-/m1/s1. The Morgan fingerprint density at radius 1 is 1.09 bits per heavy atom. The molecule has 0 bridgehead atoms. The molecule has 4 heteroatoms. The first-order valence-corrected chi connectivity index (χ1v) is 7.26. The number of benzene rings is 2. The van der Waals surface area contributed by atoms with Crippen LogP contribution < -0.4 is 15.6 Å². The Bertz CT molecular complexity index is 721. The van der Waals surface area contributed by atoms with Crippen molar-refractivity contribution < 1.29 is 9.84 Å². The van der Waals surface area contributed by atoms with Crippen molar-refractivity contribution in [3.8, 4) is 11.5 Å². The number of aromatic hydroxyl groups is 1. The largest absolute Gasteiger partial charge is 0.507 e. The Labute approximate surface area is 130 Å². The predicted molar refractivity (Wildman–Crippen MR) is 87.6 cm³/mol. The van der Waals surface area contributed by atoms with Crippen LogP contribution in [0.1, 0.15) is 28.3 Å². The molecular formula is C18H20N2O2. The van der Waals surface area contributed by atoms with E-state index in [9.17, 15) is 5.11 Å². The van der Waals surface area contributed by atoms with Crippen molar-refractivity contribution in [1.29, 1.82) is 0 Å². The fourth-order valence-electron chi connectivity index (χ4n) is 2.72. The summed E-state index contributed by atoms with van der Waals surface area (Å²) in [5.41, 5.74) is 11.2. The summed E-state index contributed by atoms with van der Waals surface area (Å²) in [6, 6.07) is 12.0. The molecule has 1 heterocycles. The van der Waals surface area contributed by atoms with Gasteiger partial charge in [-0.2, -0.15) is 0 Å². The lowest BCUT2D eigenvalue weighted by Crippen LogP contribution is -2.26. The molecule has 0 unspecified atom stereocenters. The molecule has 3 N–H and O–H groups in total. The number of ether oxygens (including phenoxy) is 1. The first-order valence-electron chi connectivity index (χ1n) is 7.26. The number of hydrazine groups is 1. The topological polar surface area (TPSA) is 53.5 Å². The molecule has 2 aromatic rings. The molecule has 0 saturated carbocycles. The van der Waals surface area contributed by atoms with Gasteiger partial charge in [0.15, 0.2) is 0 Å². The summed E-state index contributed by atoms with van der Waals surface area (Å²) in [5, 5.41) is 10.3. The van der Waals surface area contributed by atoms with E-state index in [1.165, 1.54) is 0 Å². The molecule has 0 aromatic heterocycles. The number of nitrogens with one attached hydrogen (secondary N) is 2. The average molecular weight is 296 g/mol. The van der Waals surface area contributed by atoms with Gasteiger partial charge in [-0.15, -0.1) is 0 Å². The van der Waals surface area contributed by atoms with Crippen LogP contribution in [0.15, 0.2) is 42.5 Å². The second-order valence-corrected chi connectivity index (χ2v) is 5.58. The van der Waals surface area contributed by atoms with Crippen molar-refractivity contribution >= 4 is 5.70 Å². The highest BCUT2D eigenvalue weighted by molar-refractivity contribution is 5.72. The summed E-state index contributed by atoms with van der Waals surface area (Å²) in [6.45, 7) is 3.94. The summed E-state index contributed by atoms with van der Waals surface area (Å²) < 4.78 is 5.18. The number of phenolic OH excluding ortho intramolecular Hbond substituents is 1. The lowest BCUT2D eigenvalue weighted by molar-refractivity contribution is 0.414. The van der Waals surface area contributed by atoms with E-state index >= 15 is 0 Å². The van der Waals surface area contributed by atoms with Gasteiger partial charge in [-0.05, 0) is 54.8 Å². The first kappa shape index (κ1) is 14.5. The Kier molecular flexibility index (Phi) is 3.77. The third-order valence-electron chi connectivity index (χ3n) is 3.91. The quantitative estimate of drug-likeness (QED) is 0.814. The van der Waals surface area contributed by atoms with Crippen LogP contribution >= 0.6 is 0 Å². The molecule has 0 spiro atoms. The third-order valence-corrected chi connectivity index (χ3v) is 3.91. The monoisotopic (exact) mass is 296 g/mol. The third kappa shape index (κ3) is 2.65. The average Bonchev–Trinajstić information content (AvgIpc) is 3.00. The van der Waals surface area contributed by atoms with Gasteiger partial charge >= 0.3 is 0 Å². The number of aryl methyl sites for hydroxylation is 2. The van der Waals surface area contributed by atoms with Gasteiger partial charge < -0.3 is 15.3 Å². The minimum absolute atomic E-state index is 0.0566. The molecule has 0 aliphatic carbocycles. The Morgan fingerprint density at radius 3 is 2.50 bits per heavy atom. The van der Waals surface area contributed by atoms with Gasteiger partial charge in [-0.25, -0.2) is 5.43 Å². The molecule has 0 fully saturated rings. The Morgan fingerprint density at radius 2 is 1.82 bits per heavy atom. The maximum Gasteiger partial charge on any atom is 0.127 e. The molecule has 0 radical (unpaired) electrons. The zero-order valence-electron chi connectivity index (χ0n) is 13.0. The van der Waals surface area contributed by atoms with Crippen molar-refractivity contribution in [2.45, 2.75) is 19.9 Å². The van der Waals surface area contributed by atoms with Crippen LogP contribution in [0.4, 0.5) is 0 Å². The van der Waals surface area contributed by atoms with Gasteiger partial charge in [-0.1, -0.05) is 18.2 Å². The number of hydrogen-bond donors (Lipinski definition) is 3. The van der Waals surface area contributed by atoms with E-state index < -0.39 is 0 Å². The highest BCUT2D eigenvalue weighted by Crippen LogP contribution is 2.32. The molecule has 1 atom stereocenters.